The van der Waals surface area contributed by atoms with Crippen LogP contribution in [0.5, 0.6) is 11.5 Å². The van der Waals surface area contributed by atoms with Gasteiger partial charge in [0.15, 0.2) is 0 Å². The molecular weight excluding hydrogens is 254 g/mol. The van der Waals surface area contributed by atoms with Crippen molar-refractivity contribution in [2.45, 2.75) is 6.04 Å². The number of rotatable bonds is 3. The first-order chi connectivity index (χ1) is 9.79. The molecule has 0 aliphatic carbocycles. The number of hydrogen-bond acceptors (Lipinski definition) is 3. The average Bonchev–Trinajstić information content (AvgIpc) is 2.90. The molecule has 0 saturated heterocycles. The molecule has 0 spiro atoms. The summed E-state index contributed by atoms with van der Waals surface area (Å²) in [6, 6.07) is 14.8. The van der Waals surface area contributed by atoms with Gasteiger partial charge in [-0.05, 0) is 18.2 Å². The van der Waals surface area contributed by atoms with Gasteiger partial charge in [0.05, 0.1) is 18.7 Å². The van der Waals surface area contributed by atoms with Crippen molar-refractivity contribution in [3.8, 4) is 11.5 Å². The third-order valence-corrected chi connectivity index (χ3v) is 3.36. The van der Waals surface area contributed by atoms with Crippen LogP contribution in [0.25, 0.3) is 0 Å². The summed E-state index contributed by atoms with van der Waals surface area (Å²) in [6.45, 7) is 0.459. The highest BCUT2D eigenvalue weighted by Gasteiger charge is 2.26. The number of nitrogens with one attached hydrogen (secondary N) is 1. The molecule has 3 rings (SSSR count). The topological polar surface area (TPSA) is 47.6 Å². The van der Waals surface area contributed by atoms with Crippen LogP contribution >= 0.6 is 0 Å². The molecule has 102 valence electrons. The second-order valence-corrected chi connectivity index (χ2v) is 4.58. The third-order valence-electron chi connectivity index (χ3n) is 3.36. The summed E-state index contributed by atoms with van der Waals surface area (Å²) in [5, 5.41) is 2.98. The van der Waals surface area contributed by atoms with Gasteiger partial charge in [-0.1, -0.05) is 30.3 Å². The Kier molecular flexibility index (Phi) is 3.29. The van der Waals surface area contributed by atoms with Crippen LogP contribution in [0.15, 0.2) is 48.5 Å². The predicted molar refractivity (Wildman–Crippen MR) is 75.1 cm³/mol. The summed E-state index contributed by atoms with van der Waals surface area (Å²) in [6.07, 6.45) is 0. The van der Waals surface area contributed by atoms with Crippen LogP contribution in [-0.2, 0) is 0 Å². The van der Waals surface area contributed by atoms with Crippen molar-refractivity contribution in [2.24, 2.45) is 0 Å². The molecule has 1 atom stereocenters. The molecule has 1 heterocycles. The van der Waals surface area contributed by atoms with Gasteiger partial charge in [-0.25, -0.2) is 0 Å². The predicted octanol–water partition coefficient (Wildman–Crippen LogP) is 2.56. The zero-order valence-corrected chi connectivity index (χ0v) is 11.1. The Morgan fingerprint density at radius 1 is 1.20 bits per heavy atom. The Hall–Kier alpha value is -2.49. The molecule has 1 N–H and O–H groups in total. The highest BCUT2D eigenvalue weighted by molar-refractivity contribution is 5.97. The fourth-order valence-electron chi connectivity index (χ4n) is 2.35. The minimum absolute atomic E-state index is 0.122. The third kappa shape index (κ3) is 2.20. The van der Waals surface area contributed by atoms with Gasteiger partial charge in [0.2, 0.25) is 0 Å². The summed E-state index contributed by atoms with van der Waals surface area (Å²) in [4.78, 5) is 12.3. The first-order valence-corrected chi connectivity index (χ1v) is 6.45. The summed E-state index contributed by atoms with van der Waals surface area (Å²) < 4.78 is 10.8. The molecule has 4 heteroatoms. The zero-order chi connectivity index (χ0) is 13.9. The lowest BCUT2D eigenvalue weighted by Gasteiger charge is -2.13. The standard InChI is InChI=1S/C16H15NO3/c1-19-14-8-4-3-7-12(14)16(18)17-13-10-20-15-9-5-2-6-11(13)15/h2-9,13H,10H2,1H3,(H,17,18). The number of para-hydroxylation sites is 2. The molecule has 1 amide bonds. The van der Waals surface area contributed by atoms with Crippen LogP contribution < -0.4 is 14.8 Å². The summed E-state index contributed by atoms with van der Waals surface area (Å²) >= 11 is 0. The van der Waals surface area contributed by atoms with Gasteiger partial charge in [0.25, 0.3) is 5.91 Å². The van der Waals surface area contributed by atoms with Crippen molar-refractivity contribution in [1.29, 1.82) is 0 Å². The van der Waals surface area contributed by atoms with E-state index in [0.29, 0.717) is 17.9 Å². The number of benzene rings is 2. The zero-order valence-electron chi connectivity index (χ0n) is 11.1. The van der Waals surface area contributed by atoms with E-state index in [1.54, 1.807) is 19.2 Å². The Balaban J connectivity index is 1.81. The normalized spacial score (nSPS) is 16.1. The maximum Gasteiger partial charge on any atom is 0.255 e. The van der Waals surface area contributed by atoms with Crippen LogP contribution in [0.2, 0.25) is 0 Å². The van der Waals surface area contributed by atoms with E-state index in [1.807, 2.05) is 36.4 Å². The number of hydrogen-bond donors (Lipinski definition) is 1. The van der Waals surface area contributed by atoms with Crippen molar-refractivity contribution in [1.82, 2.24) is 5.32 Å². The Bertz CT molecular complexity index is 639. The van der Waals surface area contributed by atoms with Crippen LogP contribution in [0.3, 0.4) is 0 Å². The fourth-order valence-corrected chi connectivity index (χ4v) is 2.35. The number of methoxy groups -OCH3 is 1. The lowest BCUT2D eigenvalue weighted by molar-refractivity contribution is 0.0927. The summed E-state index contributed by atoms with van der Waals surface area (Å²) in [5.74, 6) is 1.24. The Morgan fingerprint density at radius 2 is 1.95 bits per heavy atom. The van der Waals surface area contributed by atoms with Crippen LogP contribution in [0.1, 0.15) is 22.0 Å². The molecule has 4 nitrogen and oxygen atoms in total. The molecule has 0 saturated carbocycles. The molecule has 2 aromatic carbocycles. The molecule has 0 fully saturated rings. The monoisotopic (exact) mass is 269 g/mol. The van der Waals surface area contributed by atoms with E-state index in [9.17, 15) is 4.79 Å². The van der Waals surface area contributed by atoms with Gasteiger partial charge in [0, 0.05) is 5.56 Å². The molecule has 0 aromatic heterocycles. The number of ether oxygens (including phenoxy) is 2. The molecule has 2 aromatic rings. The lowest BCUT2D eigenvalue weighted by atomic mass is 10.1. The van der Waals surface area contributed by atoms with Gasteiger partial charge in [-0.15, -0.1) is 0 Å². The first-order valence-electron chi connectivity index (χ1n) is 6.45. The van der Waals surface area contributed by atoms with Crippen LogP contribution in [0.4, 0.5) is 0 Å². The van der Waals surface area contributed by atoms with Gasteiger partial charge < -0.3 is 14.8 Å². The lowest BCUT2D eigenvalue weighted by Crippen LogP contribution is -2.29. The maximum absolute atomic E-state index is 12.3. The second kappa shape index (κ2) is 5.25. The van der Waals surface area contributed by atoms with Crippen LogP contribution in [-0.4, -0.2) is 19.6 Å². The molecule has 0 radical (unpaired) electrons. The largest absolute Gasteiger partial charge is 0.496 e. The number of carbonyl (C=O) groups excluding carboxylic acids is 1. The molecule has 1 unspecified atom stereocenters. The van der Waals surface area contributed by atoms with Gasteiger partial charge in [-0.3, -0.25) is 4.79 Å². The number of amides is 1. The van der Waals surface area contributed by atoms with Gasteiger partial charge in [-0.2, -0.15) is 0 Å². The van der Waals surface area contributed by atoms with E-state index >= 15 is 0 Å². The van der Waals surface area contributed by atoms with E-state index in [1.165, 1.54) is 0 Å². The smallest absolute Gasteiger partial charge is 0.255 e. The fraction of sp³-hybridized carbons (Fsp3) is 0.188. The highest BCUT2D eigenvalue weighted by atomic mass is 16.5. The van der Waals surface area contributed by atoms with Crippen LogP contribution in [0, 0.1) is 0 Å². The molecule has 1 aliphatic heterocycles. The van der Waals surface area contributed by atoms with Crippen molar-refractivity contribution >= 4 is 5.91 Å². The molecular formula is C16H15NO3. The van der Waals surface area contributed by atoms with Crippen molar-refractivity contribution in [3.63, 3.8) is 0 Å². The molecule has 20 heavy (non-hydrogen) atoms. The van der Waals surface area contributed by atoms with Crippen molar-refractivity contribution < 1.29 is 14.3 Å². The SMILES string of the molecule is COc1ccccc1C(=O)NC1COc2ccccc21. The van der Waals surface area contributed by atoms with Gasteiger partial charge in [0.1, 0.15) is 18.1 Å². The molecule has 0 bridgehead atoms. The Morgan fingerprint density at radius 3 is 2.80 bits per heavy atom. The number of fused-ring (bicyclic) bond motifs is 1. The van der Waals surface area contributed by atoms with E-state index in [0.717, 1.165) is 11.3 Å². The Labute approximate surface area is 117 Å². The highest BCUT2D eigenvalue weighted by Crippen LogP contribution is 2.32. The van der Waals surface area contributed by atoms with Gasteiger partial charge >= 0.3 is 0 Å². The van der Waals surface area contributed by atoms with E-state index < -0.39 is 0 Å². The minimum Gasteiger partial charge on any atom is -0.496 e. The average molecular weight is 269 g/mol. The first kappa shape index (κ1) is 12.5. The summed E-state index contributed by atoms with van der Waals surface area (Å²) in [5.41, 5.74) is 1.54. The van der Waals surface area contributed by atoms with Crippen molar-refractivity contribution in [2.75, 3.05) is 13.7 Å². The van der Waals surface area contributed by atoms with E-state index in [4.69, 9.17) is 9.47 Å². The minimum atomic E-state index is -0.159. The summed E-state index contributed by atoms with van der Waals surface area (Å²) in [7, 11) is 1.56. The molecule has 1 aliphatic rings. The van der Waals surface area contributed by atoms with E-state index in [-0.39, 0.29) is 11.9 Å². The second-order valence-electron chi connectivity index (χ2n) is 4.58. The maximum atomic E-state index is 12.3. The number of carbonyl (C=O) groups is 1. The van der Waals surface area contributed by atoms with Crippen molar-refractivity contribution in [3.05, 3.63) is 59.7 Å². The van der Waals surface area contributed by atoms with E-state index in [2.05, 4.69) is 5.32 Å². The quantitative estimate of drug-likeness (QED) is 0.931.